The highest BCUT2D eigenvalue weighted by Crippen LogP contribution is 2.28. The molecule has 6 heteroatoms. The van der Waals surface area contributed by atoms with Gasteiger partial charge in [0.05, 0.1) is 11.4 Å². The second-order valence-electron chi connectivity index (χ2n) is 5.36. The fourth-order valence-corrected chi connectivity index (χ4v) is 2.78. The van der Waals surface area contributed by atoms with E-state index in [9.17, 15) is 9.18 Å². The van der Waals surface area contributed by atoms with E-state index in [1.165, 1.54) is 12.1 Å². The van der Waals surface area contributed by atoms with Crippen molar-refractivity contribution in [2.24, 2.45) is 5.92 Å². The van der Waals surface area contributed by atoms with Crippen molar-refractivity contribution in [3.8, 4) is 0 Å². The largest absolute Gasteiger partial charge is 0.481 e. The quantitative estimate of drug-likeness (QED) is 0.919. The second kappa shape index (κ2) is 5.27. The Morgan fingerprint density at radius 1 is 1.33 bits per heavy atom. The minimum absolute atomic E-state index is 0.299. The van der Waals surface area contributed by atoms with Crippen LogP contribution in [0.25, 0.3) is 10.9 Å². The van der Waals surface area contributed by atoms with Gasteiger partial charge < -0.3 is 10.0 Å². The number of piperidine rings is 1. The lowest BCUT2D eigenvalue weighted by Crippen LogP contribution is -2.37. The maximum atomic E-state index is 13.5. The lowest BCUT2D eigenvalue weighted by Gasteiger charge is -2.31. The van der Waals surface area contributed by atoms with E-state index in [1.54, 1.807) is 13.0 Å². The van der Waals surface area contributed by atoms with Crippen LogP contribution in [0.3, 0.4) is 0 Å². The summed E-state index contributed by atoms with van der Waals surface area (Å²) in [5.74, 6) is -0.0430. The van der Waals surface area contributed by atoms with Crippen LogP contribution < -0.4 is 4.90 Å². The Morgan fingerprint density at radius 3 is 2.71 bits per heavy atom. The van der Waals surface area contributed by atoms with Gasteiger partial charge in [-0.25, -0.2) is 14.4 Å². The molecular weight excluding hydrogens is 273 g/mol. The summed E-state index contributed by atoms with van der Waals surface area (Å²) in [7, 11) is 0. The number of fused-ring (bicyclic) bond motifs is 1. The first-order chi connectivity index (χ1) is 10.0. The molecule has 1 aliphatic heterocycles. The number of carbonyl (C=O) groups is 1. The van der Waals surface area contributed by atoms with E-state index in [0.29, 0.717) is 48.5 Å². The summed E-state index contributed by atoms with van der Waals surface area (Å²) in [4.78, 5) is 21.8. The van der Waals surface area contributed by atoms with E-state index in [2.05, 4.69) is 9.97 Å². The molecule has 21 heavy (non-hydrogen) atoms. The Balaban J connectivity index is 1.97. The van der Waals surface area contributed by atoms with E-state index in [0.717, 1.165) is 0 Å². The Morgan fingerprint density at radius 2 is 2.05 bits per heavy atom. The maximum Gasteiger partial charge on any atom is 0.306 e. The van der Waals surface area contributed by atoms with Crippen LogP contribution in [0.2, 0.25) is 0 Å². The monoisotopic (exact) mass is 289 g/mol. The summed E-state index contributed by atoms with van der Waals surface area (Å²) >= 11 is 0. The van der Waals surface area contributed by atoms with Crippen LogP contribution in [0.5, 0.6) is 0 Å². The topological polar surface area (TPSA) is 66.3 Å². The molecule has 2 aromatic rings. The van der Waals surface area contributed by atoms with Crippen LogP contribution in [-0.4, -0.2) is 34.1 Å². The molecule has 0 bridgehead atoms. The minimum atomic E-state index is -0.746. The first-order valence-corrected chi connectivity index (χ1v) is 6.96. The van der Waals surface area contributed by atoms with Gasteiger partial charge >= 0.3 is 5.97 Å². The number of carboxylic acids is 1. The number of aromatic nitrogens is 2. The summed E-state index contributed by atoms with van der Waals surface area (Å²) < 4.78 is 13.5. The first kappa shape index (κ1) is 13.7. The molecule has 0 amide bonds. The van der Waals surface area contributed by atoms with Gasteiger partial charge in [0.1, 0.15) is 17.5 Å². The normalized spacial score (nSPS) is 16.4. The predicted octanol–water partition coefficient (Wildman–Crippen LogP) is 2.38. The summed E-state index contributed by atoms with van der Waals surface area (Å²) in [6.07, 6.45) is 1.16. The van der Waals surface area contributed by atoms with Crippen molar-refractivity contribution in [1.82, 2.24) is 9.97 Å². The molecule has 0 radical (unpaired) electrons. The van der Waals surface area contributed by atoms with Gasteiger partial charge in [-0.3, -0.25) is 4.79 Å². The molecule has 1 N–H and O–H groups in total. The number of aliphatic carboxylic acids is 1. The van der Waals surface area contributed by atoms with Crippen LogP contribution in [0, 0.1) is 18.7 Å². The number of anilines is 1. The number of carboxylic acid groups (broad SMARTS) is 1. The molecule has 0 saturated carbocycles. The molecule has 0 aliphatic carbocycles. The number of nitrogens with zero attached hydrogens (tertiary/aromatic N) is 3. The molecule has 1 aliphatic rings. The lowest BCUT2D eigenvalue weighted by molar-refractivity contribution is -0.142. The van der Waals surface area contributed by atoms with Crippen LogP contribution >= 0.6 is 0 Å². The third-order valence-electron chi connectivity index (χ3n) is 3.89. The number of hydrogen-bond donors (Lipinski definition) is 1. The molecule has 1 fully saturated rings. The zero-order chi connectivity index (χ0) is 15.0. The number of aryl methyl sites for hydroxylation is 1. The zero-order valence-corrected chi connectivity index (χ0v) is 11.7. The third-order valence-corrected chi connectivity index (χ3v) is 3.89. The average molecular weight is 289 g/mol. The van der Waals surface area contributed by atoms with Crippen molar-refractivity contribution in [2.75, 3.05) is 18.0 Å². The van der Waals surface area contributed by atoms with Gasteiger partial charge in [-0.1, -0.05) is 0 Å². The van der Waals surface area contributed by atoms with Crippen molar-refractivity contribution in [1.29, 1.82) is 0 Å². The number of rotatable bonds is 2. The van der Waals surface area contributed by atoms with E-state index < -0.39 is 5.97 Å². The van der Waals surface area contributed by atoms with Gasteiger partial charge in [-0.2, -0.15) is 0 Å². The fourth-order valence-electron chi connectivity index (χ4n) is 2.78. The Hall–Kier alpha value is -2.24. The number of halogens is 1. The SMILES string of the molecule is Cc1nc(N2CCC(C(=O)O)CC2)c2cc(F)ccc2n1. The van der Waals surface area contributed by atoms with Crippen molar-refractivity contribution in [2.45, 2.75) is 19.8 Å². The molecular formula is C15H16FN3O2. The minimum Gasteiger partial charge on any atom is -0.481 e. The van der Waals surface area contributed by atoms with E-state index >= 15 is 0 Å². The fraction of sp³-hybridized carbons (Fsp3) is 0.400. The highest BCUT2D eigenvalue weighted by Gasteiger charge is 2.26. The van der Waals surface area contributed by atoms with Gasteiger partial charge in [-0.15, -0.1) is 0 Å². The molecule has 0 spiro atoms. The Bertz CT molecular complexity index is 697. The molecule has 0 unspecified atom stereocenters. The molecule has 1 aromatic heterocycles. The van der Waals surface area contributed by atoms with Crippen LogP contribution in [0.15, 0.2) is 18.2 Å². The summed E-state index contributed by atoms with van der Waals surface area (Å²) in [5, 5.41) is 9.73. The third kappa shape index (κ3) is 2.66. The van der Waals surface area contributed by atoms with Crippen molar-refractivity contribution < 1.29 is 14.3 Å². The zero-order valence-electron chi connectivity index (χ0n) is 11.7. The van der Waals surface area contributed by atoms with Crippen molar-refractivity contribution in [3.63, 3.8) is 0 Å². The predicted molar refractivity (Wildman–Crippen MR) is 76.8 cm³/mol. The average Bonchev–Trinajstić information content (AvgIpc) is 2.47. The van der Waals surface area contributed by atoms with Gasteiger partial charge in [0, 0.05) is 18.5 Å². The molecule has 1 aromatic carbocycles. The second-order valence-corrected chi connectivity index (χ2v) is 5.36. The first-order valence-electron chi connectivity index (χ1n) is 6.96. The molecule has 1 saturated heterocycles. The van der Waals surface area contributed by atoms with Crippen molar-refractivity contribution in [3.05, 3.63) is 29.8 Å². The highest BCUT2D eigenvalue weighted by atomic mass is 19.1. The summed E-state index contributed by atoms with van der Waals surface area (Å²) in [6, 6.07) is 4.47. The van der Waals surface area contributed by atoms with Gasteiger partial charge in [0.2, 0.25) is 0 Å². The van der Waals surface area contributed by atoms with E-state index in [4.69, 9.17) is 5.11 Å². The molecule has 5 nitrogen and oxygen atoms in total. The van der Waals surface area contributed by atoms with Crippen molar-refractivity contribution >= 4 is 22.7 Å². The van der Waals surface area contributed by atoms with Gasteiger partial charge in [0.15, 0.2) is 0 Å². The van der Waals surface area contributed by atoms with Gasteiger partial charge in [0.25, 0.3) is 0 Å². The van der Waals surface area contributed by atoms with Crippen LogP contribution in [0.4, 0.5) is 10.2 Å². The lowest BCUT2D eigenvalue weighted by atomic mass is 9.97. The molecule has 2 heterocycles. The van der Waals surface area contributed by atoms with Crippen LogP contribution in [0.1, 0.15) is 18.7 Å². The smallest absolute Gasteiger partial charge is 0.306 e. The molecule has 3 rings (SSSR count). The number of hydrogen-bond acceptors (Lipinski definition) is 4. The number of benzene rings is 1. The van der Waals surface area contributed by atoms with E-state index in [1.807, 2.05) is 4.90 Å². The highest BCUT2D eigenvalue weighted by molar-refractivity contribution is 5.89. The summed E-state index contributed by atoms with van der Waals surface area (Å²) in [6.45, 7) is 3.02. The Kier molecular flexibility index (Phi) is 3.45. The maximum absolute atomic E-state index is 13.5. The van der Waals surface area contributed by atoms with E-state index in [-0.39, 0.29) is 11.7 Å². The molecule has 0 atom stereocenters. The molecule has 110 valence electrons. The van der Waals surface area contributed by atoms with Crippen LogP contribution in [-0.2, 0) is 4.79 Å². The summed E-state index contributed by atoms with van der Waals surface area (Å²) in [5.41, 5.74) is 0.708. The standard InChI is InChI=1S/C15H16FN3O2/c1-9-17-13-3-2-11(16)8-12(13)14(18-9)19-6-4-10(5-7-19)15(20)21/h2-3,8,10H,4-7H2,1H3,(H,20,21). The Labute approximate surface area is 121 Å². The van der Waals surface area contributed by atoms with Gasteiger partial charge in [-0.05, 0) is 38.0 Å².